The molecule has 1 saturated carbocycles. The Labute approximate surface area is 195 Å². The van der Waals surface area contributed by atoms with Crippen LogP contribution in [-0.2, 0) is 21.3 Å². The zero-order valence-electron chi connectivity index (χ0n) is 19.8. The van der Waals surface area contributed by atoms with Crippen molar-refractivity contribution in [1.82, 2.24) is 13.8 Å². The Morgan fingerprint density at radius 3 is 2.48 bits per heavy atom. The summed E-state index contributed by atoms with van der Waals surface area (Å²) in [5.41, 5.74) is 0.134. The highest BCUT2D eigenvalue weighted by atomic mass is 32.2. The third-order valence-electron chi connectivity index (χ3n) is 6.08. The molecule has 1 amide bonds. The largest absolute Gasteiger partial charge is 0.444 e. The van der Waals surface area contributed by atoms with E-state index in [0.29, 0.717) is 42.7 Å². The molecule has 1 saturated heterocycles. The molecule has 2 heterocycles. The van der Waals surface area contributed by atoms with Crippen LogP contribution in [0.4, 0.5) is 4.79 Å². The number of carbonyl (C=O) groups excluding carboxylic acids is 1. The topological polar surface area (TPSA) is 88.9 Å². The van der Waals surface area contributed by atoms with Gasteiger partial charge in [-0.25, -0.2) is 13.2 Å². The Bertz CT molecular complexity index is 1230. The number of hydrogen-bond acceptors (Lipinski definition) is 5. The third kappa shape index (κ3) is 5.24. The van der Waals surface area contributed by atoms with Crippen LogP contribution >= 0.6 is 0 Å². The van der Waals surface area contributed by atoms with E-state index in [2.05, 4.69) is 0 Å². The minimum Gasteiger partial charge on any atom is -0.444 e. The van der Waals surface area contributed by atoms with Gasteiger partial charge in [0.2, 0.25) is 10.0 Å². The molecular formula is C24H33N3O5S. The van der Waals surface area contributed by atoms with Crippen LogP contribution in [0.15, 0.2) is 34.1 Å². The van der Waals surface area contributed by atoms with E-state index in [1.165, 1.54) is 10.5 Å². The molecular weight excluding hydrogens is 442 g/mol. The summed E-state index contributed by atoms with van der Waals surface area (Å²) in [6.45, 7) is 9.02. The van der Waals surface area contributed by atoms with Gasteiger partial charge in [-0.1, -0.05) is 11.6 Å². The van der Waals surface area contributed by atoms with Gasteiger partial charge in [0, 0.05) is 49.7 Å². The van der Waals surface area contributed by atoms with Gasteiger partial charge in [-0.2, -0.15) is 4.31 Å². The molecule has 0 radical (unpaired) electrons. The highest BCUT2D eigenvalue weighted by Gasteiger charge is 2.32. The number of carbonyl (C=O) groups is 1. The number of sulfonamides is 1. The van der Waals surface area contributed by atoms with Crippen molar-refractivity contribution in [3.63, 3.8) is 0 Å². The molecule has 4 rings (SSSR count). The first-order chi connectivity index (χ1) is 15.5. The molecule has 1 aromatic carbocycles. The minimum atomic E-state index is -3.87. The quantitative estimate of drug-likeness (QED) is 0.677. The summed E-state index contributed by atoms with van der Waals surface area (Å²) in [6.07, 6.45) is 3.73. The predicted octanol–water partition coefficient (Wildman–Crippen LogP) is 3.35. The zero-order valence-corrected chi connectivity index (χ0v) is 20.7. The van der Waals surface area contributed by atoms with Crippen molar-refractivity contribution >= 4 is 26.9 Å². The fraction of sp³-hybridized carbons (Fsp3) is 0.583. The van der Waals surface area contributed by atoms with Gasteiger partial charge in [0.05, 0.1) is 0 Å². The lowest BCUT2D eigenvalue weighted by atomic mass is 10.1. The first-order valence-electron chi connectivity index (χ1n) is 11.6. The molecule has 8 nitrogen and oxygen atoms in total. The molecule has 1 aromatic heterocycles. The molecule has 0 atom stereocenters. The number of ether oxygens (including phenoxy) is 1. The number of aryl methyl sites for hydroxylation is 1. The molecule has 0 bridgehead atoms. The van der Waals surface area contributed by atoms with Crippen molar-refractivity contribution in [2.75, 3.05) is 26.2 Å². The van der Waals surface area contributed by atoms with Gasteiger partial charge >= 0.3 is 6.09 Å². The number of nitrogens with zero attached hydrogens (tertiary/aromatic N) is 3. The number of aromatic nitrogens is 1. The Morgan fingerprint density at radius 1 is 1.09 bits per heavy atom. The van der Waals surface area contributed by atoms with Crippen molar-refractivity contribution in [2.24, 2.45) is 5.92 Å². The van der Waals surface area contributed by atoms with Crippen LogP contribution < -0.4 is 5.56 Å². The van der Waals surface area contributed by atoms with Crippen LogP contribution in [0.25, 0.3) is 10.8 Å². The second-order valence-corrected chi connectivity index (χ2v) is 12.1. The fourth-order valence-corrected chi connectivity index (χ4v) is 5.85. The van der Waals surface area contributed by atoms with Crippen molar-refractivity contribution in [1.29, 1.82) is 0 Å². The van der Waals surface area contributed by atoms with Crippen LogP contribution in [0.1, 0.15) is 45.6 Å². The van der Waals surface area contributed by atoms with Crippen LogP contribution in [0, 0.1) is 12.8 Å². The van der Waals surface area contributed by atoms with Crippen LogP contribution in [0.3, 0.4) is 0 Å². The second kappa shape index (κ2) is 8.76. The van der Waals surface area contributed by atoms with Gasteiger partial charge < -0.3 is 14.2 Å². The van der Waals surface area contributed by atoms with E-state index in [4.69, 9.17) is 4.74 Å². The number of pyridine rings is 1. The second-order valence-electron chi connectivity index (χ2n) is 10.2. The van der Waals surface area contributed by atoms with Gasteiger partial charge in [0.25, 0.3) is 5.56 Å². The number of rotatable bonds is 4. The van der Waals surface area contributed by atoms with Crippen LogP contribution in [-0.4, -0.2) is 60.1 Å². The summed E-state index contributed by atoms with van der Waals surface area (Å²) in [5, 5.41) is 0.882. The van der Waals surface area contributed by atoms with E-state index in [-0.39, 0.29) is 23.5 Å². The monoisotopic (exact) mass is 475 g/mol. The highest BCUT2D eigenvalue weighted by molar-refractivity contribution is 7.89. The summed E-state index contributed by atoms with van der Waals surface area (Å²) >= 11 is 0. The Balaban J connectivity index is 1.67. The molecule has 33 heavy (non-hydrogen) atoms. The lowest BCUT2D eigenvalue weighted by molar-refractivity contribution is 0.0260. The minimum absolute atomic E-state index is 0.150. The summed E-state index contributed by atoms with van der Waals surface area (Å²) in [4.78, 5) is 27.3. The lowest BCUT2D eigenvalue weighted by Gasteiger charge is -2.26. The van der Waals surface area contributed by atoms with E-state index in [1.54, 1.807) is 21.6 Å². The summed E-state index contributed by atoms with van der Waals surface area (Å²) in [5.74, 6) is 0.432. The van der Waals surface area contributed by atoms with E-state index in [9.17, 15) is 18.0 Å². The number of hydrogen-bond donors (Lipinski definition) is 0. The normalized spacial score (nSPS) is 18.4. The van der Waals surface area contributed by atoms with E-state index < -0.39 is 21.7 Å². The average molecular weight is 476 g/mol. The summed E-state index contributed by atoms with van der Waals surface area (Å²) in [7, 11) is -3.87. The third-order valence-corrected chi connectivity index (χ3v) is 8.01. The maximum Gasteiger partial charge on any atom is 0.410 e. The zero-order chi connectivity index (χ0) is 24.0. The SMILES string of the molecule is Cc1ccc2c(=O)n(CC3CC3)cc(S(=O)(=O)N3CCCN(C(=O)OC(C)(C)C)CC3)c2c1. The van der Waals surface area contributed by atoms with E-state index >= 15 is 0 Å². The van der Waals surface area contributed by atoms with Gasteiger partial charge in [-0.3, -0.25) is 4.79 Å². The molecule has 1 aliphatic heterocycles. The van der Waals surface area contributed by atoms with Crippen LogP contribution in [0.2, 0.25) is 0 Å². The molecule has 0 N–H and O–H groups in total. The van der Waals surface area contributed by atoms with Gasteiger partial charge in [-0.15, -0.1) is 0 Å². The highest BCUT2D eigenvalue weighted by Crippen LogP contribution is 2.32. The maximum absolute atomic E-state index is 13.8. The molecule has 0 unspecified atom stereocenters. The lowest BCUT2D eigenvalue weighted by Crippen LogP contribution is -2.40. The average Bonchev–Trinajstić information content (AvgIpc) is 3.54. The number of benzene rings is 1. The van der Waals surface area contributed by atoms with Crippen molar-refractivity contribution in [3.8, 4) is 0 Å². The predicted molar refractivity (Wildman–Crippen MR) is 127 cm³/mol. The van der Waals surface area contributed by atoms with Crippen molar-refractivity contribution < 1.29 is 17.9 Å². The molecule has 1 aliphatic carbocycles. The van der Waals surface area contributed by atoms with E-state index in [0.717, 1.165) is 18.4 Å². The molecule has 2 aromatic rings. The van der Waals surface area contributed by atoms with Gasteiger partial charge in [0.15, 0.2) is 0 Å². The maximum atomic E-state index is 13.8. The summed E-state index contributed by atoms with van der Waals surface area (Å²) in [6, 6.07) is 5.34. The standard InChI is InChI=1S/C24H33N3O5S/c1-17-6-9-19-20(14-17)21(16-26(22(19)28)15-18-7-8-18)33(30,31)27-11-5-10-25(12-13-27)23(29)32-24(2,3)4/h6,9,14,16,18H,5,7-8,10-13,15H2,1-4H3. The first-order valence-corrected chi connectivity index (χ1v) is 13.0. The Morgan fingerprint density at radius 2 is 1.82 bits per heavy atom. The van der Waals surface area contributed by atoms with Gasteiger partial charge in [0.1, 0.15) is 10.5 Å². The number of amides is 1. The first kappa shape index (κ1) is 23.8. The molecule has 2 aliphatic rings. The smallest absolute Gasteiger partial charge is 0.410 e. The fourth-order valence-electron chi connectivity index (χ4n) is 4.17. The van der Waals surface area contributed by atoms with Crippen molar-refractivity contribution in [3.05, 3.63) is 40.3 Å². The van der Waals surface area contributed by atoms with Crippen LogP contribution in [0.5, 0.6) is 0 Å². The Hall–Kier alpha value is -2.39. The summed E-state index contributed by atoms with van der Waals surface area (Å²) < 4.78 is 36.1. The number of fused-ring (bicyclic) bond motifs is 1. The van der Waals surface area contributed by atoms with Crippen molar-refractivity contribution in [2.45, 2.75) is 64.0 Å². The molecule has 0 spiro atoms. The molecule has 180 valence electrons. The van der Waals surface area contributed by atoms with E-state index in [1.807, 2.05) is 33.8 Å². The van der Waals surface area contributed by atoms with Gasteiger partial charge in [-0.05, 0) is 65.0 Å². The Kier molecular flexibility index (Phi) is 6.30. The molecule has 9 heteroatoms. The molecule has 2 fully saturated rings.